The molecule has 3 saturated carbocycles. The summed E-state index contributed by atoms with van der Waals surface area (Å²) in [6, 6.07) is 11.2. The second-order valence-electron chi connectivity index (χ2n) is 9.79. The maximum absolute atomic E-state index is 2.64. The van der Waals surface area contributed by atoms with Crippen LogP contribution in [0.2, 0.25) is 19.6 Å². The molecule has 0 nitrogen and oxygen atoms in total. The van der Waals surface area contributed by atoms with Crippen LogP contribution in [0.15, 0.2) is 35.2 Å². The first-order chi connectivity index (χ1) is 10.2. The number of rotatable bonds is 3. The maximum Gasteiger partial charge on any atom is 0.0642 e. The molecule has 2 heteroatoms. The summed E-state index contributed by atoms with van der Waals surface area (Å²) in [6.45, 7) is 15.6. The number of benzene rings is 1. The van der Waals surface area contributed by atoms with E-state index in [-0.39, 0.29) is 0 Å². The third kappa shape index (κ3) is 1.66. The Kier molecular flexibility index (Phi) is 2.96. The maximum atomic E-state index is 2.64. The molecular weight excluding hydrogens is 300 g/mol. The Morgan fingerprint density at radius 1 is 1.05 bits per heavy atom. The average Bonchev–Trinajstić information content (AvgIpc) is 3.19. The Hall–Kier alpha value is -0.213. The second-order valence-corrected chi connectivity index (χ2v) is 16.8. The molecular formula is C20H30SSi. The summed E-state index contributed by atoms with van der Waals surface area (Å²) >= 11 is 2.26. The van der Waals surface area contributed by atoms with Crippen molar-refractivity contribution in [1.82, 2.24) is 0 Å². The van der Waals surface area contributed by atoms with Crippen LogP contribution >= 0.6 is 11.8 Å². The van der Waals surface area contributed by atoms with Crippen molar-refractivity contribution in [3.63, 3.8) is 0 Å². The Morgan fingerprint density at radius 3 is 2.27 bits per heavy atom. The molecule has 0 radical (unpaired) electrons. The van der Waals surface area contributed by atoms with Crippen LogP contribution in [0.25, 0.3) is 0 Å². The molecule has 120 valence electrons. The fourth-order valence-electron chi connectivity index (χ4n) is 6.45. The second kappa shape index (κ2) is 4.24. The van der Waals surface area contributed by atoms with Gasteiger partial charge in [-0.3, -0.25) is 0 Å². The molecule has 0 aliphatic heterocycles. The van der Waals surface area contributed by atoms with E-state index in [1.165, 1.54) is 17.7 Å². The summed E-state index contributed by atoms with van der Waals surface area (Å²) in [5, 5.41) is 0. The molecule has 1 aromatic carbocycles. The Balaban J connectivity index is 1.75. The van der Waals surface area contributed by atoms with Gasteiger partial charge in [-0.2, -0.15) is 0 Å². The van der Waals surface area contributed by atoms with Crippen molar-refractivity contribution in [3.8, 4) is 0 Å². The van der Waals surface area contributed by atoms with E-state index in [4.69, 9.17) is 0 Å². The summed E-state index contributed by atoms with van der Waals surface area (Å²) in [5.41, 5.74) is 1.20. The standard InChI is InChI=1S/C20H30SSi/c1-18(2)15-12-13-19(3)17(16(15)18)20(19,22(4,5)6)21-14-10-8-7-9-11-14/h7-11,15-17H,12-13H2,1-6H3/t15-,16-,17+,19-,20-/m1/s1. The van der Waals surface area contributed by atoms with Gasteiger partial charge in [-0.1, -0.05) is 58.6 Å². The number of hydrogen-bond donors (Lipinski definition) is 0. The molecule has 3 aliphatic rings. The summed E-state index contributed by atoms with van der Waals surface area (Å²) in [6.07, 6.45) is 2.94. The van der Waals surface area contributed by atoms with Gasteiger partial charge in [0.1, 0.15) is 0 Å². The van der Waals surface area contributed by atoms with Gasteiger partial charge in [-0.25, -0.2) is 0 Å². The zero-order chi connectivity index (χ0) is 16.0. The summed E-state index contributed by atoms with van der Waals surface area (Å²) in [4.78, 5) is 1.50. The lowest BCUT2D eigenvalue weighted by molar-refractivity contribution is 0.350. The van der Waals surface area contributed by atoms with E-state index < -0.39 is 8.07 Å². The van der Waals surface area contributed by atoms with Gasteiger partial charge in [0.2, 0.25) is 0 Å². The summed E-state index contributed by atoms with van der Waals surface area (Å²) in [5.74, 6) is 2.97. The van der Waals surface area contributed by atoms with Crippen molar-refractivity contribution in [2.45, 2.75) is 62.5 Å². The van der Waals surface area contributed by atoms with Gasteiger partial charge < -0.3 is 0 Å². The first-order valence-electron chi connectivity index (χ1n) is 8.90. The smallest absolute Gasteiger partial charge is 0.0642 e. The van der Waals surface area contributed by atoms with Gasteiger partial charge in [0.25, 0.3) is 0 Å². The molecule has 0 aromatic heterocycles. The first kappa shape index (κ1) is 15.3. The van der Waals surface area contributed by atoms with E-state index in [0.29, 0.717) is 15.2 Å². The zero-order valence-electron chi connectivity index (χ0n) is 14.9. The van der Waals surface area contributed by atoms with Crippen LogP contribution in [-0.2, 0) is 0 Å². The van der Waals surface area contributed by atoms with Crippen LogP contribution < -0.4 is 0 Å². The van der Waals surface area contributed by atoms with Gasteiger partial charge in [0.05, 0.1) is 8.07 Å². The van der Waals surface area contributed by atoms with Crippen LogP contribution in [0, 0.1) is 28.6 Å². The molecule has 22 heavy (non-hydrogen) atoms. The van der Waals surface area contributed by atoms with E-state index in [9.17, 15) is 0 Å². The molecule has 0 spiro atoms. The highest BCUT2D eigenvalue weighted by atomic mass is 32.2. The molecule has 3 fully saturated rings. The SMILES string of the molecule is CC1(C)[C@@H]2[C@H]1CC[C@]1(C)[C@H]2[C@@]1(Sc1ccccc1)[Si](C)(C)C. The normalized spacial score (nSPS) is 44.9. The highest BCUT2D eigenvalue weighted by molar-refractivity contribution is 8.03. The first-order valence-corrected chi connectivity index (χ1v) is 13.2. The van der Waals surface area contributed by atoms with Crippen LogP contribution in [0.1, 0.15) is 33.6 Å². The monoisotopic (exact) mass is 330 g/mol. The molecule has 0 amide bonds. The highest BCUT2D eigenvalue weighted by Gasteiger charge is 2.86. The Labute approximate surface area is 141 Å². The largest absolute Gasteiger partial charge is 0.122 e. The third-order valence-electron chi connectivity index (χ3n) is 7.50. The molecule has 0 heterocycles. The highest BCUT2D eigenvalue weighted by Crippen LogP contribution is 2.88. The zero-order valence-corrected chi connectivity index (χ0v) is 16.8. The lowest BCUT2D eigenvalue weighted by Crippen LogP contribution is -2.43. The van der Waals surface area contributed by atoms with Crippen LogP contribution in [0.5, 0.6) is 0 Å². The quantitative estimate of drug-likeness (QED) is 0.604. The van der Waals surface area contributed by atoms with E-state index in [0.717, 1.165) is 17.8 Å². The van der Waals surface area contributed by atoms with Gasteiger partial charge in [0.15, 0.2) is 0 Å². The van der Waals surface area contributed by atoms with Crippen molar-refractivity contribution in [2.75, 3.05) is 0 Å². The Bertz CT molecular complexity index is 602. The van der Waals surface area contributed by atoms with Gasteiger partial charge >= 0.3 is 0 Å². The topological polar surface area (TPSA) is 0 Å². The van der Waals surface area contributed by atoms with Gasteiger partial charge in [0, 0.05) is 9.27 Å². The molecule has 5 atom stereocenters. The van der Waals surface area contributed by atoms with Crippen molar-refractivity contribution >= 4 is 19.8 Å². The molecule has 0 bridgehead atoms. The van der Waals surface area contributed by atoms with Gasteiger partial charge in [-0.05, 0) is 53.6 Å². The fraction of sp³-hybridized carbons (Fsp3) is 0.700. The molecule has 0 saturated heterocycles. The van der Waals surface area contributed by atoms with Crippen molar-refractivity contribution < 1.29 is 0 Å². The lowest BCUT2D eigenvalue weighted by atomic mass is 9.90. The molecule has 1 aromatic rings. The van der Waals surface area contributed by atoms with Crippen LogP contribution in [0.3, 0.4) is 0 Å². The summed E-state index contributed by atoms with van der Waals surface area (Å²) < 4.78 is 0.550. The minimum atomic E-state index is -1.27. The third-order valence-corrected chi connectivity index (χ3v) is 14.3. The minimum absolute atomic E-state index is 0.550. The van der Waals surface area contributed by atoms with E-state index >= 15 is 0 Å². The van der Waals surface area contributed by atoms with Crippen molar-refractivity contribution in [3.05, 3.63) is 30.3 Å². The average molecular weight is 331 g/mol. The van der Waals surface area contributed by atoms with Crippen molar-refractivity contribution in [1.29, 1.82) is 0 Å². The van der Waals surface area contributed by atoms with E-state index in [1.54, 1.807) is 0 Å². The van der Waals surface area contributed by atoms with Gasteiger partial charge in [-0.15, -0.1) is 11.8 Å². The molecule has 0 N–H and O–H groups in total. The van der Waals surface area contributed by atoms with E-state index in [1.807, 2.05) is 0 Å². The minimum Gasteiger partial charge on any atom is -0.122 e. The van der Waals surface area contributed by atoms with Crippen molar-refractivity contribution in [2.24, 2.45) is 28.6 Å². The number of hydrogen-bond acceptors (Lipinski definition) is 1. The lowest BCUT2D eigenvalue weighted by Gasteiger charge is -2.34. The molecule has 3 aliphatic carbocycles. The molecule has 0 unspecified atom stereocenters. The number of fused-ring (bicyclic) bond motifs is 3. The Morgan fingerprint density at radius 2 is 1.68 bits per heavy atom. The van der Waals surface area contributed by atoms with Crippen LogP contribution in [-0.4, -0.2) is 12.4 Å². The predicted octanol–water partition coefficient (Wildman–Crippen LogP) is 6.10. The summed E-state index contributed by atoms with van der Waals surface area (Å²) in [7, 11) is -1.27. The predicted molar refractivity (Wildman–Crippen MR) is 100.0 cm³/mol. The van der Waals surface area contributed by atoms with Crippen LogP contribution in [0.4, 0.5) is 0 Å². The molecule has 4 rings (SSSR count). The van der Waals surface area contributed by atoms with E-state index in [2.05, 4.69) is 82.5 Å². The fourth-order valence-corrected chi connectivity index (χ4v) is 13.0. The number of thioether (sulfide) groups is 1.